The molecule has 8 heteroatoms. The topological polar surface area (TPSA) is 74.3 Å². The number of rotatable bonds is 6. The van der Waals surface area contributed by atoms with E-state index in [0.29, 0.717) is 33.9 Å². The average Bonchev–Trinajstić information content (AvgIpc) is 3.29. The Balaban J connectivity index is 1.31. The molecule has 0 radical (unpaired) electrons. The molecule has 2 N–H and O–H groups in total. The molecule has 4 rings (SSSR count). The van der Waals surface area contributed by atoms with Crippen molar-refractivity contribution in [2.75, 3.05) is 18.4 Å². The molecule has 2 fully saturated rings. The first kappa shape index (κ1) is 23.0. The van der Waals surface area contributed by atoms with Crippen LogP contribution in [0.5, 0.6) is 0 Å². The lowest BCUT2D eigenvalue weighted by molar-refractivity contribution is -0.127. The smallest absolute Gasteiger partial charge is 0.257 e. The van der Waals surface area contributed by atoms with Gasteiger partial charge >= 0.3 is 0 Å². The highest BCUT2D eigenvalue weighted by Crippen LogP contribution is 2.26. The summed E-state index contributed by atoms with van der Waals surface area (Å²) in [5.74, 6) is 0.0383. The fourth-order valence-electron chi connectivity index (χ4n) is 4.50. The molecule has 2 aliphatic rings. The first-order valence-corrected chi connectivity index (χ1v) is 12.0. The van der Waals surface area contributed by atoms with Gasteiger partial charge in [-0.1, -0.05) is 36.0 Å². The fraction of sp³-hybridized carbons (Fsp3) is 0.458. The Morgan fingerprint density at radius 3 is 2.50 bits per heavy atom. The standard InChI is InChI=1S/C24H28Cl2N4O2/c25-19-11-17(13-27-14-19)24(32)29-21-5-6-22(26)18(12-21)15-30-9-7-16(8-10-30)23(31)28-20-3-1-2-4-20/h5-6,11-14,16,20H,1-4,7-10,15H2,(H,28,31)(H,29,32). The molecule has 32 heavy (non-hydrogen) atoms. The largest absolute Gasteiger partial charge is 0.353 e. The molecule has 1 aliphatic heterocycles. The quantitative estimate of drug-likeness (QED) is 0.623. The molecule has 1 saturated carbocycles. The molecule has 2 aromatic rings. The van der Waals surface area contributed by atoms with E-state index in [0.717, 1.165) is 44.3 Å². The summed E-state index contributed by atoms with van der Waals surface area (Å²) in [6.07, 6.45) is 9.35. The van der Waals surface area contributed by atoms with Gasteiger partial charge in [0.2, 0.25) is 5.91 Å². The first-order valence-electron chi connectivity index (χ1n) is 11.2. The number of halogens is 2. The monoisotopic (exact) mass is 474 g/mol. The number of piperidine rings is 1. The third-order valence-electron chi connectivity index (χ3n) is 6.32. The zero-order chi connectivity index (χ0) is 22.5. The number of pyridine rings is 1. The molecule has 2 heterocycles. The lowest BCUT2D eigenvalue weighted by atomic mass is 9.95. The van der Waals surface area contributed by atoms with Crippen LogP contribution in [-0.2, 0) is 11.3 Å². The van der Waals surface area contributed by atoms with Crippen LogP contribution in [0.25, 0.3) is 0 Å². The molecular weight excluding hydrogens is 447 g/mol. The normalized spacial score (nSPS) is 17.9. The maximum atomic E-state index is 12.6. The molecule has 1 aromatic heterocycles. The lowest BCUT2D eigenvalue weighted by Gasteiger charge is -2.32. The van der Waals surface area contributed by atoms with E-state index < -0.39 is 0 Å². The number of benzene rings is 1. The zero-order valence-electron chi connectivity index (χ0n) is 17.9. The number of carbonyl (C=O) groups excluding carboxylic acids is 2. The van der Waals surface area contributed by atoms with E-state index in [-0.39, 0.29) is 17.7 Å². The number of nitrogens with zero attached hydrogens (tertiary/aromatic N) is 2. The molecular formula is C24H28Cl2N4O2. The van der Waals surface area contributed by atoms with Crippen LogP contribution >= 0.6 is 23.2 Å². The van der Waals surface area contributed by atoms with Crippen molar-refractivity contribution >= 4 is 40.7 Å². The van der Waals surface area contributed by atoms with E-state index in [2.05, 4.69) is 20.5 Å². The second-order valence-electron chi connectivity index (χ2n) is 8.69. The van der Waals surface area contributed by atoms with Gasteiger partial charge in [0.05, 0.1) is 10.6 Å². The van der Waals surface area contributed by atoms with Crippen molar-refractivity contribution in [2.45, 2.75) is 51.1 Å². The minimum Gasteiger partial charge on any atom is -0.353 e. The van der Waals surface area contributed by atoms with E-state index in [1.165, 1.54) is 25.2 Å². The second-order valence-corrected chi connectivity index (χ2v) is 9.54. The fourth-order valence-corrected chi connectivity index (χ4v) is 4.85. The Labute approximate surface area is 198 Å². The van der Waals surface area contributed by atoms with Crippen LogP contribution in [0.1, 0.15) is 54.4 Å². The van der Waals surface area contributed by atoms with E-state index in [9.17, 15) is 9.59 Å². The Morgan fingerprint density at radius 2 is 1.78 bits per heavy atom. The van der Waals surface area contributed by atoms with E-state index >= 15 is 0 Å². The highest BCUT2D eigenvalue weighted by molar-refractivity contribution is 6.31. The Bertz CT molecular complexity index is 970. The maximum absolute atomic E-state index is 12.6. The Kier molecular flexibility index (Phi) is 7.66. The van der Waals surface area contributed by atoms with E-state index in [4.69, 9.17) is 23.2 Å². The van der Waals surface area contributed by atoms with Gasteiger partial charge in [-0.05, 0) is 68.6 Å². The van der Waals surface area contributed by atoms with Crippen molar-refractivity contribution in [3.63, 3.8) is 0 Å². The minimum absolute atomic E-state index is 0.0965. The number of hydrogen-bond donors (Lipinski definition) is 2. The minimum atomic E-state index is -0.276. The van der Waals surface area contributed by atoms with Crippen molar-refractivity contribution in [1.29, 1.82) is 0 Å². The van der Waals surface area contributed by atoms with Gasteiger partial charge < -0.3 is 10.6 Å². The number of nitrogens with one attached hydrogen (secondary N) is 2. The van der Waals surface area contributed by atoms with Gasteiger partial charge in [0, 0.05) is 41.6 Å². The Morgan fingerprint density at radius 1 is 1.03 bits per heavy atom. The predicted octanol–water partition coefficient (Wildman–Crippen LogP) is 4.91. The molecule has 1 aliphatic carbocycles. The lowest BCUT2D eigenvalue weighted by Crippen LogP contribution is -2.43. The summed E-state index contributed by atoms with van der Waals surface area (Å²) in [5.41, 5.74) is 2.01. The highest BCUT2D eigenvalue weighted by atomic mass is 35.5. The van der Waals surface area contributed by atoms with E-state index in [1.54, 1.807) is 18.2 Å². The average molecular weight is 475 g/mol. The molecule has 0 spiro atoms. The summed E-state index contributed by atoms with van der Waals surface area (Å²) < 4.78 is 0. The predicted molar refractivity (Wildman–Crippen MR) is 127 cm³/mol. The van der Waals surface area contributed by atoms with Crippen LogP contribution in [-0.4, -0.2) is 40.8 Å². The summed E-state index contributed by atoms with van der Waals surface area (Å²) in [5, 5.41) is 7.18. The van der Waals surface area contributed by atoms with Gasteiger partial charge in [-0.3, -0.25) is 19.5 Å². The Hall–Kier alpha value is -2.15. The van der Waals surface area contributed by atoms with Gasteiger partial charge in [0.1, 0.15) is 0 Å². The molecule has 0 bridgehead atoms. The van der Waals surface area contributed by atoms with Crippen molar-refractivity contribution in [3.05, 3.63) is 57.8 Å². The summed E-state index contributed by atoms with van der Waals surface area (Å²) in [6, 6.07) is 7.43. The number of likely N-dealkylation sites (tertiary alicyclic amines) is 1. The van der Waals surface area contributed by atoms with Gasteiger partial charge in [-0.25, -0.2) is 0 Å². The van der Waals surface area contributed by atoms with Gasteiger partial charge in [-0.15, -0.1) is 0 Å². The summed E-state index contributed by atoms with van der Waals surface area (Å²) >= 11 is 12.4. The molecule has 0 unspecified atom stereocenters. The number of amides is 2. The molecule has 0 atom stereocenters. The number of hydrogen-bond acceptors (Lipinski definition) is 4. The first-order chi connectivity index (χ1) is 15.5. The van der Waals surface area contributed by atoms with Crippen LogP contribution in [0.3, 0.4) is 0 Å². The summed E-state index contributed by atoms with van der Waals surface area (Å²) in [6.45, 7) is 2.38. The van der Waals surface area contributed by atoms with Crippen LogP contribution in [0.15, 0.2) is 36.7 Å². The molecule has 2 amide bonds. The third kappa shape index (κ3) is 6.00. The maximum Gasteiger partial charge on any atom is 0.257 e. The summed E-state index contributed by atoms with van der Waals surface area (Å²) in [4.78, 5) is 31.3. The van der Waals surface area contributed by atoms with Crippen molar-refractivity contribution < 1.29 is 9.59 Å². The van der Waals surface area contributed by atoms with Crippen LogP contribution < -0.4 is 10.6 Å². The zero-order valence-corrected chi connectivity index (χ0v) is 19.5. The number of carbonyl (C=O) groups is 2. The number of aromatic nitrogens is 1. The SMILES string of the molecule is O=C(Nc1ccc(Cl)c(CN2CCC(C(=O)NC3CCCC3)CC2)c1)c1cncc(Cl)c1. The number of anilines is 1. The van der Waals surface area contributed by atoms with Crippen molar-refractivity contribution in [2.24, 2.45) is 5.92 Å². The van der Waals surface area contributed by atoms with Crippen molar-refractivity contribution in [1.82, 2.24) is 15.2 Å². The molecule has 170 valence electrons. The second kappa shape index (κ2) is 10.6. The highest BCUT2D eigenvalue weighted by Gasteiger charge is 2.27. The molecule has 1 saturated heterocycles. The van der Waals surface area contributed by atoms with Gasteiger partial charge in [0.15, 0.2) is 0 Å². The van der Waals surface area contributed by atoms with Crippen LogP contribution in [0.4, 0.5) is 5.69 Å². The molecule has 6 nitrogen and oxygen atoms in total. The van der Waals surface area contributed by atoms with E-state index in [1.807, 2.05) is 6.07 Å². The van der Waals surface area contributed by atoms with Crippen LogP contribution in [0.2, 0.25) is 10.0 Å². The van der Waals surface area contributed by atoms with Crippen LogP contribution in [0, 0.1) is 5.92 Å². The van der Waals surface area contributed by atoms with Gasteiger partial charge in [-0.2, -0.15) is 0 Å². The van der Waals surface area contributed by atoms with Gasteiger partial charge in [0.25, 0.3) is 5.91 Å². The molecule has 1 aromatic carbocycles. The third-order valence-corrected chi connectivity index (χ3v) is 6.90. The van der Waals surface area contributed by atoms with Crippen molar-refractivity contribution in [3.8, 4) is 0 Å². The summed E-state index contributed by atoms with van der Waals surface area (Å²) in [7, 11) is 0.